The Morgan fingerprint density at radius 2 is 2.12 bits per heavy atom. The van der Waals surface area contributed by atoms with Crippen LogP contribution in [0, 0.1) is 0 Å². The Morgan fingerprint density at radius 3 is 2.81 bits per heavy atom. The molecule has 0 saturated carbocycles. The first kappa shape index (κ1) is 13.5. The summed E-state index contributed by atoms with van der Waals surface area (Å²) < 4.78 is 0. The van der Waals surface area contributed by atoms with Gasteiger partial charge in [-0.25, -0.2) is 0 Å². The lowest BCUT2D eigenvalue weighted by molar-refractivity contribution is -0.135. The van der Waals surface area contributed by atoms with Crippen LogP contribution in [0.5, 0.6) is 0 Å². The summed E-state index contributed by atoms with van der Waals surface area (Å²) in [4.78, 5) is 13.9. The number of aliphatic hydroxyl groups is 1. The summed E-state index contributed by atoms with van der Waals surface area (Å²) in [5.41, 5.74) is 0. The van der Waals surface area contributed by atoms with Gasteiger partial charge in [0.2, 0.25) is 5.91 Å². The number of aliphatic hydroxyl groups excluding tert-OH is 1. The van der Waals surface area contributed by atoms with E-state index >= 15 is 0 Å². The summed E-state index contributed by atoms with van der Waals surface area (Å²) in [6.45, 7) is 2.07. The van der Waals surface area contributed by atoms with Crippen LogP contribution in [-0.2, 0) is 4.79 Å². The van der Waals surface area contributed by atoms with E-state index in [-0.39, 0.29) is 18.6 Å². The second-order valence-corrected chi connectivity index (χ2v) is 4.45. The lowest BCUT2D eigenvalue weighted by atomic mass is 10.0. The Labute approximate surface area is 98.0 Å². The molecule has 0 aromatic rings. The van der Waals surface area contributed by atoms with E-state index in [0.717, 1.165) is 51.6 Å². The van der Waals surface area contributed by atoms with Crippen LogP contribution in [-0.4, -0.2) is 48.7 Å². The fourth-order valence-corrected chi connectivity index (χ4v) is 2.20. The van der Waals surface area contributed by atoms with Gasteiger partial charge in [0, 0.05) is 19.7 Å². The zero-order chi connectivity index (χ0) is 11.8. The van der Waals surface area contributed by atoms with Crippen molar-refractivity contribution in [1.82, 2.24) is 10.2 Å². The number of nitrogens with zero attached hydrogens (tertiary/aromatic N) is 1. The summed E-state index contributed by atoms with van der Waals surface area (Å²) in [6.07, 6.45) is 6.18. The highest BCUT2D eigenvalue weighted by Crippen LogP contribution is 2.12. The van der Waals surface area contributed by atoms with Crippen LogP contribution in [0.3, 0.4) is 0 Å². The number of rotatable bonds is 7. The van der Waals surface area contributed by atoms with Crippen LogP contribution in [0.2, 0.25) is 0 Å². The van der Waals surface area contributed by atoms with E-state index in [1.807, 2.05) is 11.9 Å². The Hall–Kier alpha value is -0.610. The number of hydrogen-bond acceptors (Lipinski definition) is 3. The van der Waals surface area contributed by atoms with Gasteiger partial charge in [0.15, 0.2) is 0 Å². The van der Waals surface area contributed by atoms with Gasteiger partial charge in [-0.3, -0.25) is 4.79 Å². The zero-order valence-corrected chi connectivity index (χ0v) is 10.2. The van der Waals surface area contributed by atoms with Crippen molar-refractivity contribution < 1.29 is 9.90 Å². The number of nitrogens with one attached hydrogen (secondary N) is 1. The molecule has 0 aromatic carbocycles. The molecule has 4 heteroatoms. The normalized spacial score (nSPS) is 21.5. The standard InChI is InChI=1S/C12H24N2O2/c1-13-11-7-6-9-14(12(11)16)8-4-2-3-5-10-15/h11,13,15H,2-10H2,1H3. The predicted molar refractivity (Wildman–Crippen MR) is 64.2 cm³/mol. The zero-order valence-electron chi connectivity index (χ0n) is 10.2. The average Bonchev–Trinajstić information content (AvgIpc) is 2.31. The highest BCUT2D eigenvalue weighted by molar-refractivity contribution is 5.82. The van der Waals surface area contributed by atoms with Gasteiger partial charge >= 0.3 is 0 Å². The van der Waals surface area contributed by atoms with Gasteiger partial charge in [-0.05, 0) is 32.7 Å². The molecule has 4 nitrogen and oxygen atoms in total. The van der Waals surface area contributed by atoms with Gasteiger partial charge in [-0.1, -0.05) is 12.8 Å². The molecule has 2 N–H and O–H groups in total. The summed E-state index contributed by atoms with van der Waals surface area (Å²) in [7, 11) is 1.85. The van der Waals surface area contributed by atoms with E-state index in [4.69, 9.17) is 5.11 Å². The molecule has 0 radical (unpaired) electrons. The van der Waals surface area contributed by atoms with Crippen LogP contribution in [0.4, 0.5) is 0 Å². The highest BCUT2D eigenvalue weighted by Gasteiger charge is 2.26. The van der Waals surface area contributed by atoms with Gasteiger partial charge < -0.3 is 15.3 Å². The van der Waals surface area contributed by atoms with E-state index in [2.05, 4.69) is 5.32 Å². The molecular weight excluding hydrogens is 204 g/mol. The number of hydrogen-bond donors (Lipinski definition) is 2. The molecule has 0 aliphatic carbocycles. The van der Waals surface area contributed by atoms with Gasteiger partial charge in [-0.2, -0.15) is 0 Å². The minimum absolute atomic E-state index is 0.0335. The van der Waals surface area contributed by atoms with Crippen LogP contribution in [0.25, 0.3) is 0 Å². The first-order valence-corrected chi connectivity index (χ1v) is 6.36. The van der Waals surface area contributed by atoms with E-state index in [1.165, 1.54) is 0 Å². The van der Waals surface area contributed by atoms with Crippen molar-refractivity contribution in [2.45, 2.75) is 44.6 Å². The van der Waals surface area contributed by atoms with Crippen molar-refractivity contribution in [3.63, 3.8) is 0 Å². The van der Waals surface area contributed by atoms with E-state index in [1.54, 1.807) is 0 Å². The maximum absolute atomic E-state index is 11.9. The number of likely N-dealkylation sites (tertiary alicyclic amines) is 1. The van der Waals surface area contributed by atoms with E-state index in [9.17, 15) is 4.79 Å². The van der Waals surface area contributed by atoms with Crippen molar-refractivity contribution in [2.75, 3.05) is 26.7 Å². The van der Waals surface area contributed by atoms with Gasteiger partial charge in [-0.15, -0.1) is 0 Å². The minimum Gasteiger partial charge on any atom is -0.396 e. The first-order chi connectivity index (χ1) is 7.79. The Bertz CT molecular complexity index is 209. The molecule has 0 aromatic heterocycles. The van der Waals surface area contributed by atoms with Crippen molar-refractivity contribution in [2.24, 2.45) is 0 Å². The molecule has 1 atom stereocenters. The summed E-state index contributed by atoms with van der Waals surface area (Å²) >= 11 is 0. The van der Waals surface area contributed by atoms with Crippen molar-refractivity contribution in [3.8, 4) is 0 Å². The molecule has 1 aliphatic heterocycles. The first-order valence-electron chi connectivity index (χ1n) is 6.36. The number of piperidine rings is 1. The quantitative estimate of drug-likeness (QED) is 0.632. The molecule has 1 saturated heterocycles. The van der Waals surface area contributed by atoms with Crippen molar-refractivity contribution >= 4 is 5.91 Å². The second-order valence-electron chi connectivity index (χ2n) is 4.45. The van der Waals surface area contributed by atoms with Crippen LogP contribution in [0.1, 0.15) is 38.5 Å². The maximum atomic E-state index is 11.9. The number of unbranched alkanes of at least 4 members (excludes halogenated alkanes) is 3. The third-order valence-corrected chi connectivity index (χ3v) is 3.22. The van der Waals surface area contributed by atoms with E-state index in [0.29, 0.717) is 0 Å². The van der Waals surface area contributed by atoms with Crippen LogP contribution in [0.15, 0.2) is 0 Å². The second kappa shape index (κ2) is 7.63. The largest absolute Gasteiger partial charge is 0.396 e. The number of amides is 1. The lowest BCUT2D eigenvalue weighted by Gasteiger charge is -2.32. The fourth-order valence-electron chi connectivity index (χ4n) is 2.20. The molecule has 1 heterocycles. The Morgan fingerprint density at radius 1 is 1.38 bits per heavy atom. The van der Waals surface area contributed by atoms with Crippen LogP contribution >= 0.6 is 0 Å². The fraction of sp³-hybridized carbons (Fsp3) is 0.917. The SMILES string of the molecule is CNC1CCCN(CCCCCCO)C1=O. The summed E-state index contributed by atoms with van der Waals surface area (Å²) in [5.74, 6) is 0.260. The number of carbonyl (C=O) groups excluding carboxylic acids is 1. The maximum Gasteiger partial charge on any atom is 0.239 e. The molecule has 1 aliphatic rings. The third-order valence-electron chi connectivity index (χ3n) is 3.22. The Balaban J connectivity index is 2.17. The molecule has 1 amide bonds. The third kappa shape index (κ3) is 4.10. The molecule has 16 heavy (non-hydrogen) atoms. The Kier molecular flexibility index (Phi) is 6.42. The lowest BCUT2D eigenvalue weighted by Crippen LogP contribution is -2.49. The molecule has 94 valence electrons. The number of likely N-dealkylation sites (N-methyl/N-ethyl adjacent to an activating group) is 1. The van der Waals surface area contributed by atoms with Gasteiger partial charge in [0.1, 0.15) is 0 Å². The summed E-state index contributed by atoms with van der Waals surface area (Å²) in [6, 6.07) is 0.0335. The minimum atomic E-state index is 0.0335. The topological polar surface area (TPSA) is 52.6 Å². The van der Waals surface area contributed by atoms with Crippen LogP contribution < -0.4 is 5.32 Å². The molecule has 1 rings (SSSR count). The van der Waals surface area contributed by atoms with Gasteiger partial charge in [0.05, 0.1) is 6.04 Å². The molecule has 0 spiro atoms. The summed E-state index contributed by atoms with van der Waals surface area (Å²) in [5, 5.41) is 11.7. The highest BCUT2D eigenvalue weighted by atomic mass is 16.2. The smallest absolute Gasteiger partial charge is 0.239 e. The molecular formula is C12H24N2O2. The monoisotopic (exact) mass is 228 g/mol. The van der Waals surface area contributed by atoms with E-state index < -0.39 is 0 Å². The predicted octanol–water partition coefficient (Wildman–Crippen LogP) is 0.749. The average molecular weight is 228 g/mol. The molecule has 1 fully saturated rings. The molecule has 0 bridgehead atoms. The number of carbonyl (C=O) groups is 1. The van der Waals surface area contributed by atoms with Crippen molar-refractivity contribution in [3.05, 3.63) is 0 Å². The van der Waals surface area contributed by atoms with Gasteiger partial charge in [0.25, 0.3) is 0 Å². The molecule has 1 unspecified atom stereocenters. The van der Waals surface area contributed by atoms with Crippen molar-refractivity contribution in [1.29, 1.82) is 0 Å².